The third-order valence-corrected chi connectivity index (χ3v) is 4.17. The molecule has 1 aromatic carbocycles. The molecule has 1 aliphatic rings. The third kappa shape index (κ3) is 3.32. The van der Waals surface area contributed by atoms with Gasteiger partial charge in [0.2, 0.25) is 0 Å². The monoisotopic (exact) mass is 231 g/mol. The van der Waals surface area contributed by atoms with Crippen LogP contribution in [-0.4, -0.2) is 13.6 Å². The summed E-state index contributed by atoms with van der Waals surface area (Å²) in [7, 11) is 2.09. The van der Waals surface area contributed by atoms with E-state index in [1.54, 1.807) is 0 Å². The van der Waals surface area contributed by atoms with Crippen molar-refractivity contribution in [3.63, 3.8) is 0 Å². The average molecular weight is 231 g/mol. The van der Waals surface area contributed by atoms with Crippen molar-refractivity contribution in [2.24, 2.45) is 5.41 Å². The quantitative estimate of drug-likeness (QED) is 0.833. The Morgan fingerprint density at radius 2 is 1.71 bits per heavy atom. The maximum atomic E-state index is 3.41. The summed E-state index contributed by atoms with van der Waals surface area (Å²) in [6, 6.07) is 9.10. The van der Waals surface area contributed by atoms with Crippen LogP contribution in [0.15, 0.2) is 24.3 Å². The van der Waals surface area contributed by atoms with Gasteiger partial charge in [0.15, 0.2) is 0 Å². The highest BCUT2D eigenvalue weighted by Gasteiger charge is 2.31. The molecule has 0 aliphatic heterocycles. The molecule has 0 amide bonds. The van der Waals surface area contributed by atoms with Gasteiger partial charge < -0.3 is 5.32 Å². The lowest BCUT2D eigenvalue weighted by atomic mass is 9.70. The van der Waals surface area contributed by atoms with Crippen LogP contribution in [0.25, 0.3) is 0 Å². The van der Waals surface area contributed by atoms with Crippen molar-refractivity contribution in [2.75, 3.05) is 13.6 Å². The molecule has 0 aromatic heterocycles. The normalized spacial score (nSPS) is 19.2. The van der Waals surface area contributed by atoms with E-state index >= 15 is 0 Å². The van der Waals surface area contributed by atoms with E-state index in [4.69, 9.17) is 0 Å². The molecule has 0 heterocycles. The van der Waals surface area contributed by atoms with Gasteiger partial charge in [-0.05, 0) is 44.2 Å². The summed E-state index contributed by atoms with van der Waals surface area (Å²) in [6.45, 7) is 3.33. The highest BCUT2D eigenvalue weighted by atomic mass is 14.8. The van der Waals surface area contributed by atoms with Gasteiger partial charge in [0, 0.05) is 6.54 Å². The first-order valence-corrected chi connectivity index (χ1v) is 6.94. The van der Waals surface area contributed by atoms with E-state index in [1.165, 1.54) is 56.2 Å². The van der Waals surface area contributed by atoms with Crippen LogP contribution in [0.3, 0.4) is 0 Å². The van der Waals surface area contributed by atoms with Crippen molar-refractivity contribution in [2.45, 2.75) is 45.4 Å². The van der Waals surface area contributed by atoms with Crippen LogP contribution in [0.4, 0.5) is 0 Å². The fraction of sp³-hybridized carbons (Fsp3) is 0.625. The lowest BCUT2D eigenvalue weighted by molar-refractivity contribution is 0.185. The zero-order valence-corrected chi connectivity index (χ0v) is 11.3. The summed E-state index contributed by atoms with van der Waals surface area (Å²) >= 11 is 0. The van der Waals surface area contributed by atoms with E-state index in [-0.39, 0.29) is 0 Å². The Kier molecular flexibility index (Phi) is 4.22. The third-order valence-electron chi connectivity index (χ3n) is 4.17. The van der Waals surface area contributed by atoms with E-state index in [2.05, 4.69) is 43.6 Å². The molecule has 0 unspecified atom stereocenters. The Balaban J connectivity index is 2.08. The first-order chi connectivity index (χ1) is 8.24. The van der Waals surface area contributed by atoms with E-state index in [0.717, 1.165) is 0 Å². The van der Waals surface area contributed by atoms with Gasteiger partial charge in [0.25, 0.3) is 0 Å². The van der Waals surface area contributed by atoms with Crippen LogP contribution in [0.2, 0.25) is 0 Å². The Hall–Kier alpha value is -0.820. The molecule has 2 rings (SSSR count). The minimum Gasteiger partial charge on any atom is -0.319 e. The van der Waals surface area contributed by atoms with Crippen LogP contribution < -0.4 is 5.32 Å². The second kappa shape index (κ2) is 5.68. The van der Waals surface area contributed by atoms with Crippen LogP contribution in [0.5, 0.6) is 0 Å². The predicted octanol–water partition coefficient (Wildman–Crippen LogP) is 3.71. The van der Waals surface area contributed by atoms with Crippen LogP contribution >= 0.6 is 0 Å². The fourth-order valence-electron chi connectivity index (χ4n) is 3.23. The zero-order valence-electron chi connectivity index (χ0n) is 11.3. The van der Waals surface area contributed by atoms with Gasteiger partial charge in [-0.15, -0.1) is 0 Å². The molecule has 94 valence electrons. The molecule has 17 heavy (non-hydrogen) atoms. The molecule has 1 fully saturated rings. The standard InChI is InChI=1S/C16H25N/c1-14-6-8-15(9-7-14)12-16(13-17-2)10-4-3-5-11-16/h6-9,17H,3-5,10-13H2,1-2H3. The molecule has 0 radical (unpaired) electrons. The predicted molar refractivity (Wildman–Crippen MR) is 74.3 cm³/mol. The largest absolute Gasteiger partial charge is 0.319 e. The highest BCUT2D eigenvalue weighted by Crippen LogP contribution is 2.38. The van der Waals surface area contributed by atoms with Gasteiger partial charge in [-0.2, -0.15) is 0 Å². The van der Waals surface area contributed by atoms with Gasteiger partial charge in [-0.1, -0.05) is 49.1 Å². The van der Waals surface area contributed by atoms with Gasteiger partial charge >= 0.3 is 0 Å². The molecule has 1 nitrogen and oxygen atoms in total. The van der Waals surface area contributed by atoms with Crippen LogP contribution in [0.1, 0.15) is 43.2 Å². The van der Waals surface area contributed by atoms with Crippen molar-refractivity contribution >= 4 is 0 Å². The summed E-state index contributed by atoms with van der Waals surface area (Å²) in [5, 5.41) is 3.41. The van der Waals surface area contributed by atoms with Crippen molar-refractivity contribution in [3.05, 3.63) is 35.4 Å². The van der Waals surface area contributed by atoms with E-state index in [9.17, 15) is 0 Å². The highest BCUT2D eigenvalue weighted by molar-refractivity contribution is 5.22. The van der Waals surface area contributed by atoms with E-state index in [1.807, 2.05) is 0 Å². The Morgan fingerprint density at radius 1 is 1.06 bits per heavy atom. The molecule has 1 heteroatoms. The molecule has 1 saturated carbocycles. The van der Waals surface area contributed by atoms with Crippen molar-refractivity contribution in [1.29, 1.82) is 0 Å². The Bertz CT molecular complexity index is 328. The van der Waals surface area contributed by atoms with Crippen molar-refractivity contribution in [3.8, 4) is 0 Å². The zero-order chi connectivity index (χ0) is 12.1. The molecule has 1 N–H and O–H groups in total. The SMILES string of the molecule is CNCC1(Cc2ccc(C)cc2)CCCCC1. The fourth-order valence-corrected chi connectivity index (χ4v) is 3.23. The molecule has 0 saturated heterocycles. The Morgan fingerprint density at radius 3 is 2.29 bits per heavy atom. The number of rotatable bonds is 4. The van der Waals surface area contributed by atoms with Crippen LogP contribution in [0, 0.1) is 12.3 Å². The summed E-state index contributed by atoms with van der Waals surface area (Å²) in [5.74, 6) is 0. The second-order valence-electron chi connectivity index (χ2n) is 5.75. The maximum Gasteiger partial charge on any atom is 0.000799 e. The summed E-state index contributed by atoms with van der Waals surface area (Å²) in [5.41, 5.74) is 3.38. The van der Waals surface area contributed by atoms with Gasteiger partial charge in [0.1, 0.15) is 0 Å². The number of benzene rings is 1. The maximum absolute atomic E-state index is 3.41. The van der Waals surface area contributed by atoms with Gasteiger partial charge in [-0.3, -0.25) is 0 Å². The summed E-state index contributed by atoms with van der Waals surface area (Å²) < 4.78 is 0. The number of aryl methyl sites for hydroxylation is 1. The number of hydrogen-bond acceptors (Lipinski definition) is 1. The van der Waals surface area contributed by atoms with E-state index in [0.29, 0.717) is 5.41 Å². The van der Waals surface area contributed by atoms with Crippen molar-refractivity contribution < 1.29 is 0 Å². The number of hydrogen-bond donors (Lipinski definition) is 1. The molecule has 0 bridgehead atoms. The minimum atomic E-state index is 0.516. The molecule has 1 aromatic rings. The number of nitrogens with one attached hydrogen (secondary N) is 1. The lowest BCUT2D eigenvalue weighted by Gasteiger charge is -2.37. The first kappa shape index (κ1) is 12.6. The summed E-state index contributed by atoms with van der Waals surface area (Å²) in [4.78, 5) is 0. The van der Waals surface area contributed by atoms with Crippen LogP contribution in [-0.2, 0) is 6.42 Å². The van der Waals surface area contributed by atoms with Gasteiger partial charge in [0.05, 0.1) is 0 Å². The molecular weight excluding hydrogens is 206 g/mol. The Labute approximate surface area is 106 Å². The summed E-state index contributed by atoms with van der Waals surface area (Å²) in [6.07, 6.45) is 8.28. The first-order valence-electron chi connectivity index (χ1n) is 6.94. The van der Waals surface area contributed by atoms with E-state index < -0.39 is 0 Å². The van der Waals surface area contributed by atoms with Crippen molar-refractivity contribution in [1.82, 2.24) is 5.32 Å². The average Bonchev–Trinajstić information content (AvgIpc) is 2.34. The van der Waals surface area contributed by atoms with Gasteiger partial charge in [-0.25, -0.2) is 0 Å². The topological polar surface area (TPSA) is 12.0 Å². The molecule has 0 spiro atoms. The molecule has 0 atom stereocenters. The smallest absolute Gasteiger partial charge is 0.000799 e. The lowest BCUT2D eigenvalue weighted by Crippen LogP contribution is -2.36. The second-order valence-corrected chi connectivity index (χ2v) is 5.75. The molecular formula is C16H25N. The molecule has 1 aliphatic carbocycles. The minimum absolute atomic E-state index is 0.516.